The van der Waals surface area contributed by atoms with Gasteiger partial charge in [-0.05, 0) is 26.8 Å². The van der Waals surface area contributed by atoms with Crippen LogP contribution in [0, 0.1) is 5.92 Å². The van der Waals surface area contributed by atoms with E-state index in [0.717, 1.165) is 0 Å². The predicted molar refractivity (Wildman–Crippen MR) is 94.2 cm³/mol. The van der Waals surface area contributed by atoms with Gasteiger partial charge < -0.3 is 19.3 Å². The van der Waals surface area contributed by atoms with E-state index in [1.54, 1.807) is 26.8 Å². The van der Waals surface area contributed by atoms with E-state index in [-0.39, 0.29) is 23.5 Å². The zero-order chi connectivity index (χ0) is 19.9. The van der Waals surface area contributed by atoms with Gasteiger partial charge in [-0.1, -0.05) is 12.7 Å². The number of ketones is 1. The second kappa shape index (κ2) is 6.81. The molecule has 7 heteroatoms. The van der Waals surface area contributed by atoms with Crippen LogP contribution in [0.1, 0.15) is 27.2 Å². The Morgan fingerprint density at radius 2 is 2.19 bits per heavy atom. The van der Waals surface area contributed by atoms with Crippen molar-refractivity contribution in [2.45, 2.75) is 45.0 Å². The third kappa shape index (κ3) is 3.23. The van der Waals surface area contributed by atoms with Crippen molar-refractivity contribution in [2.75, 3.05) is 6.61 Å². The molecule has 0 aliphatic carbocycles. The highest BCUT2D eigenvalue weighted by Gasteiger charge is 2.52. The minimum Gasteiger partial charge on any atom is -0.479 e. The molecule has 3 rings (SSSR count). The molecule has 0 aromatic rings. The van der Waals surface area contributed by atoms with E-state index in [1.807, 2.05) is 0 Å². The maximum absolute atomic E-state index is 12.5. The lowest BCUT2D eigenvalue weighted by atomic mass is 9.82. The first-order chi connectivity index (χ1) is 12.7. The number of ether oxygens (including phenoxy) is 3. The van der Waals surface area contributed by atoms with Gasteiger partial charge in [0.2, 0.25) is 5.78 Å². The average Bonchev–Trinajstić information content (AvgIpc) is 3.08. The maximum Gasteiger partial charge on any atom is 0.334 e. The van der Waals surface area contributed by atoms with Crippen molar-refractivity contribution >= 4 is 17.7 Å². The number of aliphatic hydroxyl groups is 1. The minimum atomic E-state index is -1.28. The standard InChI is InChI=1S/C20H22O7/c1-5-10(2)18(23)26-15-8-20(4)16(22)7-13(27-20)12(9-21)6-14-17(15)11(3)19(24)25-14/h5-7,14-15,17,21H,3,8-9H2,1-2,4H3/b10-5+,12-6-/t14-,15+,17+,20+/m0/s1. The fourth-order valence-electron chi connectivity index (χ4n) is 3.46. The molecule has 0 radical (unpaired) electrons. The highest BCUT2D eigenvalue weighted by molar-refractivity contribution is 6.00. The molecule has 1 saturated heterocycles. The van der Waals surface area contributed by atoms with Crippen molar-refractivity contribution in [3.8, 4) is 0 Å². The Morgan fingerprint density at radius 3 is 2.81 bits per heavy atom. The van der Waals surface area contributed by atoms with Crippen LogP contribution in [0.2, 0.25) is 0 Å². The average molecular weight is 374 g/mol. The van der Waals surface area contributed by atoms with Crippen LogP contribution < -0.4 is 0 Å². The fraction of sp³-hybridized carbons (Fsp3) is 0.450. The Kier molecular flexibility index (Phi) is 4.82. The van der Waals surface area contributed by atoms with Gasteiger partial charge in [0.25, 0.3) is 0 Å². The Morgan fingerprint density at radius 1 is 1.48 bits per heavy atom. The van der Waals surface area contributed by atoms with Gasteiger partial charge in [0.15, 0.2) is 5.60 Å². The summed E-state index contributed by atoms with van der Waals surface area (Å²) in [4.78, 5) is 37.0. The van der Waals surface area contributed by atoms with Gasteiger partial charge in [0.1, 0.15) is 18.0 Å². The molecule has 1 fully saturated rings. The topological polar surface area (TPSA) is 99.1 Å². The van der Waals surface area contributed by atoms with E-state index in [1.165, 1.54) is 12.2 Å². The number of aliphatic hydroxyl groups excluding tert-OH is 1. The molecular formula is C20H22O7. The van der Waals surface area contributed by atoms with Crippen molar-refractivity contribution < 1.29 is 33.7 Å². The second-order valence-electron chi connectivity index (χ2n) is 7.10. The summed E-state index contributed by atoms with van der Waals surface area (Å²) in [5, 5.41) is 9.70. The van der Waals surface area contributed by atoms with E-state index in [2.05, 4.69) is 6.58 Å². The van der Waals surface area contributed by atoms with Crippen LogP contribution in [0.25, 0.3) is 0 Å². The largest absolute Gasteiger partial charge is 0.479 e. The molecular weight excluding hydrogens is 352 g/mol. The summed E-state index contributed by atoms with van der Waals surface area (Å²) in [5.74, 6) is -1.90. The van der Waals surface area contributed by atoms with Crippen molar-refractivity contribution in [3.05, 3.63) is 47.3 Å². The Hall–Kier alpha value is -2.67. The maximum atomic E-state index is 12.5. The molecule has 3 aliphatic heterocycles. The summed E-state index contributed by atoms with van der Waals surface area (Å²) in [6.07, 6.45) is 2.83. The minimum absolute atomic E-state index is 0.0257. The lowest BCUT2D eigenvalue weighted by molar-refractivity contribution is -0.153. The first kappa shape index (κ1) is 19.1. The Bertz CT molecular complexity index is 816. The molecule has 1 N–H and O–H groups in total. The summed E-state index contributed by atoms with van der Waals surface area (Å²) in [5.41, 5.74) is -0.385. The van der Waals surface area contributed by atoms with Crippen molar-refractivity contribution in [2.24, 2.45) is 5.92 Å². The van der Waals surface area contributed by atoms with E-state index >= 15 is 0 Å². The van der Waals surface area contributed by atoms with Crippen molar-refractivity contribution in [1.29, 1.82) is 0 Å². The third-order valence-electron chi connectivity index (χ3n) is 5.24. The van der Waals surface area contributed by atoms with Gasteiger partial charge in [0, 0.05) is 29.2 Å². The van der Waals surface area contributed by atoms with Gasteiger partial charge in [-0.3, -0.25) is 4.79 Å². The van der Waals surface area contributed by atoms with E-state index < -0.39 is 42.3 Å². The van der Waals surface area contributed by atoms with Crippen molar-refractivity contribution in [3.63, 3.8) is 0 Å². The van der Waals surface area contributed by atoms with Gasteiger partial charge >= 0.3 is 11.9 Å². The lowest BCUT2D eigenvalue weighted by Gasteiger charge is -2.31. The molecule has 3 heterocycles. The molecule has 4 atom stereocenters. The van der Waals surface area contributed by atoms with E-state index in [4.69, 9.17) is 14.2 Å². The van der Waals surface area contributed by atoms with Crippen LogP contribution in [0.15, 0.2) is 47.3 Å². The van der Waals surface area contributed by atoms with Gasteiger partial charge in [-0.15, -0.1) is 0 Å². The first-order valence-electron chi connectivity index (χ1n) is 8.71. The Balaban J connectivity index is 2.07. The molecule has 144 valence electrons. The zero-order valence-electron chi connectivity index (χ0n) is 15.5. The van der Waals surface area contributed by atoms with E-state index in [0.29, 0.717) is 11.1 Å². The quantitative estimate of drug-likeness (QED) is 0.591. The highest BCUT2D eigenvalue weighted by Crippen LogP contribution is 2.42. The third-order valence-corrected chi connectivity index (χ3v) is 5.24. The SMILES string of the molecule is C=C1C(=O)O[C@H]2/C=C(/CO)C3=CC(=O)[C@@](C)(C[C@@H](OC(=O)/C(C)=C/C)[C@H]12)O3. The van der Waals surface area contributed by atoms with Gasteiger partial charge in [-0.25, -0.2) is 9.59 Å². The van der Waals surface area contributed by atoms with Crippen LogP contribution in [-0.2, 0) is 28.6 Å². The van der Waals surface area contributed by atoms with Crippen LogP contribution in [0.3, 0.4) is 0 Å². The van der Waals surface area contributed by atoms with Crippen LogP contribution in [0.5, 0.6) is 0 Å². The molecule has 7 nitrogen and oxygen atoms in total. The molecule has 0 unspecified atom stereocenters. The summed E-state index contributed by atoms with van der Waals surface area (Å²) in [6.45, 7) is 8.31. The number of hydrogen-bond acceptors (Lipinski definition) is 7. The molecule has 2 bridgehead atoms. The lowest BCUT2D eigenvalue weighted by Crippen LogP contribution is -2.42. The molecule has 0 amide bonds. The van der Waals surface area contributed by atoms with Gasteiger partial charge in [0.05, 0.1) is 12.5 Å². The number of hydrogen-bond donors (Lipinski definition) is 1. The van der Waals surface area contributed by atoms with E-state index in [9.17, 15) is 19.5 Å². The summed E-state index contributed by atoms with van der Waals surface area (Å²) in [6, 6.07) is 0. The first-order valence-corrected chi connectivity index (χ1v) is 8.71. The number of esters is 2. The number of carbonyl (C=O) groups is 3. The van der Waals surface area contributed by atoms with Crippen LogP contribution in [-0.4, -0.2) is 47.2 Å². The smallest absolute Gasteiger partial charge is 0.334 e. The van der Waals surface area contributed by atoms with Crippen LogP contribution >= 0.6 is 0 Å². The number of allylic oxidation sites excluding steroid dienone is 1. The molecule has 0 aromatic carbocycles. The summed E-state index contributed by atoms with van der Waals surface area (Å²) >= 11 is 0. The van der Waals surface area contributed by atoms with Crippen LogP contribution in [0.4, 0.5) is 0 Å². The molecule has 3 aliphatic rings. The summed E-state index contributed by atoms with van der Waals surface area (Å²) < 4.78 is 16.8. The van der Waals surface area contributed by atoms with Gasteiger partial charge in [-0.2, -0.15) is 0 Å². The second-order valence-corrected chi connectivity index (χ2v) is 7.10. The number of carbonyl (C=O) groups excluding carboxylic acids is 3. The highest BCUT2D eigenvalue weighted by atomic mass is 16.6. The summed E-state index contributed by atoms with van der Waals surface area (Å²) in [7, 11) is 0. The number of rotatable bonds is 3. The predicted octanol–water partition coefficient (Wildman–Crippen LogP) is 1.53. The van der Waals surface area contributed by atoms with Crippen molar-refractivity contribution in [1.82, 2.24) is 0 Å². The normalized spacial score (nSPS) is 35.0. The molecule has 27 heavy (non-hydrogen) atoms. The zero-order valence-corrected chi connectivity index (χ0v) is 15.5. The monoisotopic (exact) mass is 374 g/mol. The molecule has 0 aromatic heterocycles. The number of fused-ring (bicyclic) bond motifs is 3. The fourth-order valence-corrected chi connectivity index (χ4v) is 3.46. The molecule has 0 spiro atoms. The molecule has 0 saturated carbocycles. The Labute approximate surface area is 157 Å².